The van der Waals surface area contributed by atoms with Crippen molar-refractivity contribution in [2.45, 2.75) is 4.90 Å². The predicted octanol–water partition coefficient (Wildman–Crippen LogP) is 1.56. The Labute approximate surface area is 173 Å². The predicted molar refractivity (Wildman–Crippen MR) is 106 cm³/mol. The number of rotatable bonds is 7. The standard InChI is InChI=1S/C20H21FN2O6S/c1-28-16-6-7-18(15(12-16)13-24)29-14-20(25)22-8-10-23(11-9-22)30(26,27)19-5-3-2-4-17(19)21/h2-7,12-13H,8-11,14H2,1H3. The van der Waals surface area contributed by atoms with Crippen LogP contribution in [0.5, 0.6) is 11.5 Å². The first kappa shape index (κ1) is 21.7. The smallest absolute Gasteiger partial charge is 0.260 e. The summed E-state index contributed by atoms with van der Waals surface area (Å²) in [5.74, 6) is -0.414. The summed E-state index contributed by atoms with van der Waals surface area (Å²) in [6.07, 6.45) is 0.606. The zero-order valence-electron chi connectivity index (χ0n) is 16.3. The quantitative estimate of drug-likeness (QED) is 0.612. The number of ether oxygens (including phenoxy) is 2. The third-order valence-electron chi connectivity index (χ3n) is 4.74. The van der Waals surface area contributed by atoms with Crippen LogP contribution in [0.1, 0.15) is 10.4 Å². The fourth-order valence-corrected chi connectivity index (χ4v) is 4.57. The van der Waals surface area contributed by atoms with Gasteiger partial charge in [-0.15, -0.1) is 0 Å². The Bertz CT molecular complexity index is 1040. The lowest BCUT2D eigenvalue weighted by molar-refractivity contribution is -0.134. The number of halogens is 1. The number of nitrogens with zero attached hydrogens (tertiary/aromatic N) is 2. The van der Waals surface area contributed by atoms with Crippen LogP contribution in [-0.4, -0.2) is 69.7 Å². The van der Waals surface area contributed by atoms with E-state index in [0.29, 0.717) is 12.0 Å². The first-order chi connectivity index (χ1) is 14.4. The van der Waals surface area contributed by atoms with Gasteiger partial charge >= 0.3 is 0 Å². The molecule has 0 unspecified atom stereocenters. The summed E-state index contributed by atoms with van der Waals surface area (Å²) >= 11 is 0. The van der Waals surface area contributed by atoms with Crippen LogP contribution in [0.15, 0.2) is 47.4 Å². The van der Waals surface area contributed by atoms with Crippen molar-refractivity contribution >= 4 is 22.2 Å². The molecule has 8 nitrogen and oxygen atoms in total. The Hall–Kier alpha value is -2.98. The van der Waals surface area contributed by atoms with E-state index in [4.69, 9.17) is 9.47 Å². The molecule has 0 atom stereocenters. The second kappa shape index (κ2) is 9.23. The van der Waals surface area contributed by atoms with Gasteiger partial charge in [0.25, 0.3) is 5.91 Å². The molecule has 10 heteroatoms. The molecule has 1 heterocycles. The number of hydrogen-bond donors (Lipinski definition) is 0. The maximum absolute atomic E-state index is 13.9. The molecule has 1 amide bonds. The van der Waals surface area contributed by atoms with Crippen molar-refractivity contribution in [3.8, 4) is 11.5 Å². The van der Waals surface area contributed by atoms with E-state index in [1.54, 1.807) is 6.07 Å². The minimum absolute atomic E-state index is 0.0462. The average molecular weight is 436 g/mol. The zero-order valence-corrected chi connectivity index (χ0v) is 17.1. The molecule has 0 saturated carbocycles. The van der Waals surface area contributed by atoms with Crippen LogP contribution in [0.4, 0.5) is 4.39 Å². The minimum Gasteiger partial charge on any atom is -0.497 e. The molecule has 0 aromatic heterocycles. The van der Waals surface area contributed by atoms with Gasteiger partial charge < -0.3 is 14.4 Å². The largest absolute Gasteiger partial charge is 0.497 e. The van der Waals surface area contributed by atoms with Gasteiger partial charge in [0.15, 0.2) is 12.9 Å². The molecule has 30 heavy (non-hydrogen) atoms. The van der Waals surface area contributed by atoms with Gasteiger partial charge in [-0.25, -0.2) is 12.8 Å². The highest BCUT2D eigenvalue weighted by molar-refractivity contribution is 7.89. The van der Waals surface area contributed by atoms with Crippen LogP contribution in [0.2, 0.25) is 0 Å². The summed E-state index contributed by atoms with van der Waals surface area (Å²) in [5.41, 5.74) is 0.253. The highest BCUT2D eigenvalue weighted by Crippen LogP contribution is 2.23. The minimum atomic E-state index is -3.97. The average Bonchev–Trinajstić information content (AvgIpc) is 2.77. The van der Waals surface area contributed by atoms with Crippen LogP contribution in [0, 0.1) is 5.82 Å². The second-order valence-corrected chi connectivity index (χ2v) is 8.43. The van der Waals surface area contributed by atoms with Crippen molar-refractivity contribution in [1.82, 2.24) is 9.21 Å². The number of benzene rings is 2. The van der Waals surface area contributed by atoms with Crippen LogP contribution in [-0.2, 0) is 14.8 Å². The topological polar surface area (TPSA) is 93.2 Å². The summed E-state index contributed by atoms with van der Waals surface area (Å²) in [5, 5.41) is 0. The molecule has 1 aliphatic heterocycles. The second-order valence-electron chi connectivity index (χ2n) is 6.53. The Balaban J connectivity index is 1.58. The Morgan fingerprint density at radius 3 is 2.47 bits per heavy atom. The van der Waals surface area contributed by atoms with Gasteiger partial charge in [0.05, 0.1) is 12.7 Å². The number of sulfonamides is 1. The molecule has 0 radical (unpaired) electrons. The van der Waals surface area contributed by atoms with E-state index in [0.717, 1.165) is 10.4 Å². The maximum Gasteiger partial charge on any atom is 0.260 e. The van der Waals surface area contributed by atoms with Gasteiger partial charge in [0, 0.05) is 26.2 Å². The zero-order chi connectivity index (χ0) is 21.7. The molecule has 1 saturated heterocycles. The molecule has 2 aromatic carbocycles. The van der Waals surface area contributed by atoms with Crippen molar-refractivity contribution < 1.29 is 31.9 Å². The van der Waals surface area contributed by atoms with Crippen LogP contribution >= 0.6 is 0 Å². The molecule has 0 aliphatic carbocycles. The van der Waals surface area contributed by atoms with E-state index >= 15 is 0 Å². The van der Waals surface area contributed by atoms with Crippen LogP contribution in [0.25, 0.3) is 0 Å². The van der Waals surface area contributed by atoms with Crippen molar-refractivity contribution in [3.05, 3.63) is 53.8 Å². The molecule has 0 N–H and O–H groups in total. The summed E-state index contributed by atoms with van der Waals surface area (Å²) in [6.45, 7) is 0.0976. The number of amides is 1. The molecule has 0 spiro atoms. The van der Waals surface area contributed by atoms with Crippen LogP contribution < -0.4 is 9.47 Å². The van der Waals surface area contributed by atoms with E-state index < -0.39 is 15.8 Å². The third-order valence-corrected chi connectivity index (χ3v) is 6.67. The summed E-state index contributed by atoms with van der Waals surface area (Å²) in [7, 11) is -2.50. The van der Waals surface area contributed by atoms with Gasteiger partial charge in [0.1, 0.15) is 22.2 Å². The summed E-state index contributed by atoms with van der Waals surface area (Å²) in [6, 6.07) is 9.84. The number of hydrogen-bond acceptors (Lipinski definition) is 6. The van der Waals surface area contributed by atoms with E-state index in [1.165, 1.54) is 42.3 Å². The van der Waals surface area contributed by atoms with Crippen molar-refractivity contribution in [2.24, 2.45) is 0 Å². The lowest BCUT2D eigenvalue weighted by atomic mass is 10.2. The Morgan fingerprint density at radius 1 is 1.13 bits per heavy atom. The molecule has 1 fully saturated rings. The van der Waals surface area contributed by atoms with E-state index in [9.17, 15) is 22.4 Å². The molecule has 0 bridgehead atoms. The SMILES string of the molecule is COc1ccc(OCC(=O)N2CCN(S(=O)(=O)c3ccccc3F)CC2)c(C=O)c1. The number of carbonyl (C=O) groups is 2. The fraction of sp³-hybridized carbons (Fsp3) is 0.300. The maximum atomic E-state index is 13.9. The highest BCUT2D eigenvalue weighted by Gasteiger charge is 2.31. The molecular formula is C20H21FN2O6S. The van der Waals surface area contributed by atoms with E-state index in [1.807, 2.05) is 0 Å². The monoisotopic (exact) mass is 436 g/mol. The number of aldehydes is 1. The lowest BCUT2D eigenvalue weighted by Crippen LogP contribution is -2.51. The Morgan fingerprint density at radius 2 is 1.83 bits per heavy atom. The Kier molecular flexibility index (Phi) is 6.68. The van der Waals surface area contributed by atoms with Crippen molar-refractivity contribution in [2.75, 3.05) is 39.9 Å². The molecular weight excluding hydrogens is 415 g/mol. The van der Waals surface area contributed by atoms with Crippen LogP contribution in [0.3, 0.4) is 0 Å². The summed E-state index contributed by atoms with van der Waals surface area (Å²) in [4.78, 5) is 24.7. The number of piperazine rings is 1. The highest BCUT2D eigenvalue weighted by atomic mass is 32.2. The van der Waals surface area contributed by atoms with Crippen molar-refractivity contribution in [1.29, 1.82) is 0 Å². The molecule has 2 aromatic rings. The third kappa shape index (κ3) is 4.60. The number of carbonyl (C=O) groups excluding carboxylic acids is 2. The first-order valence-electron chi connectivity index (χ1n) is 9.15. The first-order valence-corrected chi connectivity index (χ1v) is 10.6. The van der Waals surface area contributed by atoms with Gasteiger partial charge in [-0.2, -0.15) is 4.31 Å². The summed E-state index contributed by atoms with van der Waals surface area (Å²) < 4.78 is 50.8. The van der Waals surface area contributed by atoms with E-state index in [2.05, 4.69) is 0 Å². The van der Waals surface area contributed by atoms with Gasteiger partial charge in [-0.1, -0.05) is 12.1 Å². The van der Waals surface area contributed by atoms with Gasteiger partial charge in [-0.05, 0) is 30.3 Å². The van der Waals surface area contributed by atoms with Gasteiger partial charge in [0.2, 0.25) is 10.0 Å². The molecule has 1 aliphatic rings. The lowest BCUT2D eigenvalue weighted by Gasteiger charge is -2.34. The van der Waals surface area contributed by atoms with Crippen molar-refractivity contribution in [3.63, 3.8) is 0 Å². The molecule has 3 rings (SSSR count). The fourth-order valence-electron chi connectivity index (χ4n) is 3.08. The normalized spacial score (nSPS) is 14.9. The number of methoxy groups -OCH3 is 1. The van der Waals surface area contributed by atoms with E-state index in [-0.39, 0.29) is 54.9 Å². The van der Waals surface area contributed by atoms with Gasteiger partial charge in [-0.3, -0.25) is 9.59 Å². The molecule has 160 valence electrons.